The summed E-state index contributed by atoms with van der Waals surface area (Å²) < 4.78 is 5.49. The maximum absolute atomic E-state index is 10.7. The minimum absolute atomic E-state index is 0.631. The molecule has 17 heavy (non-hydrogen) atoms. The molecule has 1 fully saturated rings. The predicted molar refractivity (Wildman–Crippen MR) is 69.1 cm³/mol. The summed E-state index contributed by atoms with van der Waals surface area (Å²) in [6, 6.07) is 7.92. The minimum atomic E-state index is -0.631. The quantitative estimate of drug-likeness (QED) is 0.864. The van der Waals surface area contributed by atoms with Gasteiger partial charge >= 0.3 is 0 Å². The summed E-state index contributed by atoms with van der Waals surface area (Å²) in [5.74, 6) is 1.52. The van der Waals surface area contributed by atoms with Gasteiger partial charge in [-0.25, -0.2) is 0 Å². The highest BCUT2D eigenvalue weighted by molar-refractivity contribution is 5.33. The third-order valence-electron chi connectivity index (χ3n) is 3.85. The molecule has 2 heteroatoms. The van der Waals surface area contributed by atoms with E-state index in [-0.39, 0.29) is 0 Å². The lowest BCUT2D eigenvalue weighted by Crippen LogP contribution is -2.21. The molecule has 1 saturated carbocycles. The molecule has 2 atom stereocenters. The summed E-state index contributed by atoms with van der Waals surface area (Å²) in [6.07, 6.45) is 4.06. The maximum Gasteiger partial charge on any atom is 0.119 e. The van der Waals surface area contributed by atoms with Gasteiger partial charge in [-0.15, -0.1) is 0 Å². The second-order valence-electron chi connectivity index (χ2n) is 5.01. The van der Waals surface area contributed by atoms with Gasteiger partial charge in [0.1, 0.15) is 5.75 Å². The van der Waals surface area contributed by atoms with E-state index >= 15 is 0 Å². The van der Waals surface area contributed by atoms with Crippen LogP contribution in [0.15, 0.2) is 24.3 Å². The van der Waals surface area contributed by atoms with Crippen LogP contribution in [0.25, 0.3) is 0 Å². The van der Waals surface area contributed by atoms with E-state index in [1.165, 1.54) is 0 Å². The van der Waals surface area contributed by atoms with E-state index in [1.807, 2.05) is 31.2 Å². The fraction of sp³-hybridized carbons (Fsp3) is 0.600. The van der Waals surface area contributed by atoms with Gasteiger partial charge in [-0.1, -0.05) is 25.5 Å². The zero-order valence-corrected chi connectivity index (χ0v) is 10.8. The van der Waals surface area contributed by atoms with E-state index in [4.69, 9.17) is 4.74 Å². The molecular formula is C15H22O2. The smallest absolute Gasteiger partial charge is 0.119 e. The lowest BCUT2D eigenvalue weighted by molar-refractivity contribution is 0.0395. The van der Waals surface area contributed by atoms with Crippen molar-refractivity contribution in [2.24, 2.45) is 5.92 Å². The first-order valence-corrected chi connectivity index (χ1v) is 6.63. The van der Waals surface area contributed by atoms with Crippen LogP contribution in [0.3, 0.4) is 0 Å². The molecule has 0 bridgehead atoms. The summed E-state index contributed by atoms with van der Waals surface area (Å²) >= 11 is 0. The highest BCUT2D eigenvalue weighted by Crippen LogP contribution is 2.43. The fourth-order valence-corrected chi connectivity index (χ4v) is 2.78. The van der Waals surface area contributed by atoms with Gasteiger partial charge in [-0.3, -0.25) is 0 Å². The molecule has 0 amide bonds. The molecule has 0 radical (unpaired) electrons. The summed E-state index contributed by atoms with van der Waals surface area (Å²) in [4.78, 5) is 0. The van der Waals surface area contributed by atoms with E-state index in [0.717, 1.165) is 37.0 Å². The van der Waals surface area contributed by atoms with Crippen molar-refractivity contribution in [3.8, 4) is 5.75 Å². The van der Waals surface area contributed by atoms with Crippen LogP contribution in [-0.2, 0) is 5.60 Å². The number of hydrogen-bond donors (Lipinski definition) is 1. The van der Waals surface area contributed by atoms with Crippen LogP contribution in [-0.4, -0.2) is 11.7 Å². The van der Waals surface area contributed by atoms with Crippen molar-refractivity contribution in [3.05, 3.63) is 29.8 Å². The van der Waals surface area contributed by atoms with E-state index in [1.54, 1.807) is 0 Å². The van der Waals surface area contributed by atoms with Crippen molar-refractivity contribution in [1.29, 1.82) is 0 Å². The number of rotatable bonds is 4. The van der Waals surface area contributed by atoms with Gasteiger partial charge in [0, 0.05) is 0 Å². The monoisotopic (exact) mass is 234 g/mol. The van der Waals surface area contributed by atoms with Gasteiger partial charge in [0.2, 0.25) is 0 Å². The third-order valence-corrected chi connectivity index (χ3v) is 3.85. The Balaban J connectivity index is 2.18. The number of aliphatic hydroxyl groups is 1. The standard InChI is InChI=1S/C15H22O2/c1-3-12-8-9-15(16,11-12)13-6-5-7-14(10-13)17-4-2/h5-7,10,12,16H,3-4,8-9,11H2,1-2H3. The first kappa shape index (κ1) is 12.4. The average molecular weight is 234 g/mol. The number of ether oxygens (including phenoxy) is 1. The zero-order valence-electron chi connectivity index (χ0n) is 10.8. The van der Waals surface area contributed by atoms with Gasteiger partial charge in [0.25, 0.3) is 0 Å². The Hall–Kier alpha value is -1.02. The molecule has 1 N–H and O–H groups in total. The molecule has 0 aromatic heterocycles. The number of hydrogen-bond acceptors (Lipinski definition) is 2. The van der Waals surface area contributed by atoms with Crippen molar-refractivity contribution >= 4 is 0 Å². The largest absolute Gasteiger partial charge is 0.494 e. The van der Waals surface area contributed by atoms with Crippen LogP contribution in [0.2, 0.25) is 0 Å². The topological polar surface area (TPSA) is 29.5 Å². The molecule has 2 unspecified atom stereocenters. The molecule has 1 aliphatic carbocycles. The van der Waals surface area contributed by atoms with Gasteiger partial charge < -0.3 is 9.84 Å². The Kier molecular flexibility index (Phi) is 3.72. The lowest BCUT2D eigenvalue weighted by atomic mass is 9.90. The first-order valence-electron chi connectivity index (χ1n) is 6.63. The average Bonchev–Trinajstić information content (AvgIpc) is 2.74. The van der Waals surface area contributed by atoms with Gasteiger partial charge in [0.05, 0.1) is 12.2 Å². The molecular weight excluding hydrogens is 212 g/mol. The Morgan fingerprint density at radius 3 is 2.88 bits per heavy atom. The van der Waals surface area contributed by atoms with E-state index in [0.29, 0.717) is 12.5 Å². The minimum Gasteiger partial charge on any atom is -0.494 e. The molecule has 1 aliphatic rings. The Morgan fingerprint density at radius 1 is 1.41 bits per heavy atom. The molecule has 0 heterocycles. The van der Waals surface area contributed by atoms with Crippen LogP contribution < -0.4 is 4.74 Å². The van der Waals surface area contributed by atoms with Crippen molar-refractivity contribution in [2.75, 3.05) is 6.61 Å². The Labute approximate surface area is 104 Å². The summed E-state index contributed by atoms with van der Waals surface area (Å²) in [7, 11) is 0. The van der Waals surface area contributed by atoms with Crippen molar-refractivity contribution < 1.29 is 9.84 Å². The van der Waals surface area contributed by atoms with E-state index in [9.17, 15) is 5.11 Å². The van der Waals surface area contributed by atoms with Crippen LogP contribution in [0.1, 0.15) is 45.1 Å². The normalized spacial score (nSPS) is 28.3. The van der Waals surface area contributed by atoms with Gasteiger partial charge in [-0.05, 0) is 49.8 Å². The zero-order chi connectivity index (χ0) is 12.3. The van der Waals surface area contributed by atoms with Crippen molar-refractivity contribution in [3.63, 3.8) is 0 Å². The number of benzene rings is 1. The molecule has 2 rings (SSSR count). The van der Waals surface area contributed by atoms with Crippen LogP contribution in [0.4, 0.5) is 0 Å². The molecule has 1 aromatic rings. The molecule has 1 aromatic carbocycles. The van der Waals surface area contributed by atoms with E-state index < -0.39 is 5.60 Å². The molecule has 0 aliphatic heterocycles. The molecule has 0 saturated heterocycles. The SMILES string of the molecule is CCOc1cccc(C2(O)CCC(CC)C2)c1. The van der Waals surface area contributed by atoms with E-state index in [2.05, 4.69) is 6.92 Å². The first-order chi connectivity index (χ1) is 8.18. The van der Waals surface area contributed by atoms with Gasteiger partial charge in [-0.2, -0.15) is 0 Å². The lowest BCUT2D eigenvalue weighted by Gasteiger charge is -2.24. The maximum atomic E-state index is 10.7. The van der Waals surface area contributed by atoms with Crippen LogP contribution >= 0.6 is 0 Å². The predicted octanol–water partition coefficient (Wildman–Crippen LogP) is 3.48. The third kappa shape index (κ3) is 2.63. The second kappa shape index (κ2) is 5.09. The Morgan fingerprint density at radius 2 is 2.24 bits per heavy atom. The summed E-state index contributed by atoms with van der Waals surface area (Å²) in [5, 5.41) is 10.7. The summed E-state index contributed by atoms with van der Waals surface area (Å²) in [6.45, 7) is 4.84. The Bertz CT molecular complexity index is 375. The fourth-order valence-electron chi connectivity index (χ4n) is 2.78. The van der Waals surface area contributed by atoms with Crippen molar-refractivity contribution in [1.82, 2.24) is 0 Å². The summed E-state index contributed by atoms with van der Waals surface area (Å²) in [5.41, 5.74) is 0.382. The van der Waals surface area contributed by atoms with Crippen molar-refractivity contribution in [2.45, 2.75) is 45.1 Å². The highest BCUT2D eigenvalue weighted by Gasteiger charge is 2.37. The van der Waals surface area contributed by atoms with Gasteiger partial charge in [0.15, 0.2) is 0 Å². The van der Waals surface area contributed by atoms with Crippen LogP contribution in [0.5, 0.6) is 5.75 Å². The van der Waals surface area contributed by atoms with Crippen LogP contribution in [0, 0.1) is 5.92 Å². The second-order valence-corrected chi connectivity index (χ2v) is 5.01. The highest BCUT2D eigenvalue weighted by atomic mass is 16.5. The molecule has 0 spiro atoms. The molecule has 2 nitrogen and oxygen atoms in total. The molecule has 94 valence electrons.